The maximum Gasteiger partial charge on any atom is 0.252 e. The maximum absolute atomic E-state index is 11.5. The SMILES string of the molecule is COCCCN(C)c1cc(=O)[nH]c(C2CC2)n1. The summed E-state index contributed by atoms with van der Waals surface area (Å²) in [6.45, 7) is 1.57. The second-order valence-corrected chi connectivity index (χ2v) is 4.53. The van der Waals surface area contributed by atoms with Crippen LogP contribution in [0, 0.1) is 0 Å². The molecule has 1 aromatic heterocycles. The second-order valence-electron chi connectivity index (χ2n) is 4.53. The smallest absolute Gasteiger partial charge is 0.252 e. The van der Waals surface area contributed by atoms with Crippen molar-refractivity contribution in [3.8, 4) is 0 Å². The van der Waals surface area contributed by atoms with Crippen LogP contribution >= 0.6 is 0 Å². The molecule has 5 nitrogen and oxygen atoms in total. The van der Waals surface area contributed by atoms with Gasteiger partial charge in [-0.15, -0.1) is 0 Å². The fourth-order valence-electron chi connectivity index (χ4n) is 1.77. The van der Waals surface area contributed by atoms with Crippen molar-refractivity contribution in [3.05, 3.63) is 22.2 Å². The minimum atomic E-state index is -0.0597. The lowest BCUT2D eigenvalue weighted by molar-refractivity contribution is 0.196. The molecule has 1 aliphatic rings. The number of nitrogens with one attached hydrogen (secondary N) is 1. The third-order valence-electron chi connectivity index (χ3n) is 2.94. The van der Waals surface area contributed by atoms with Crippen molar-refractivity contribution < 1.29 is 4.74 Å². The highest BCUT2D eigenvalue weighted by Crippen LogP contribution is 2.37. The first kappa shape index (κ1) is 12.1. The van der Waals surface area contributed by atoms with Gasteiger partial charge in [0.2, 0.25) is 0 Å². The number of nitrogens with zero attached hydrogens (tertiary/aromatic N) is 2. The summed E-state index contributed by atoms with van der Waals surface area (Å²) in [5, 5.41) is 0. The zero-order valence-corrected chi connectivity index (χ0v) is 10.4. The van der Waals surface area contributed by atoms with Gasteiger partial charge in [0.25, 0.3) is 5.56 Å². The number of ether oxygens (including phenoxy) is 1. The van der Waals surface area contributed by atoms with E-state index in [1.165, 1.54) is 0 Å². The van der Waals surface area contributed by atoms with Crippen LogP contribution in [0.4, 0.5) is 5.82 Å². The number of hydrogen-bond acceptors (Lipinski definition) is 4. The lowest BCUT2D eigenvalue weighted by atomic mass is 10.3. The zero-order chi connectivity index (χ0) is 12.3. The molecule has 0 bridgehead atoms. The first-order valence-corrected chi connectivity index (χ1v) is 6.02. The second kappa shape index (κ2) is 5.31. The van der Waals surface area contributed by atoms with Crippen LogP contribution in [0.1, 0.15) is 31.0 Å². The molecule has 1 heterocycles. The van der Waals surface area contributed by atoms with Crippen molar-refractivity contribution in [2.24, 2.45) is 0 Å². The van der Waals surface area contributed by atoms with Crippen LogP contribution in [0.5, 0.6) is 0 Å². The van der Waals surface area contributed by atoms with E-state index in [1.54, 1.807) is 13.2 Å². The molecule has 0 radical (unpaired) electrons. The van der Waals surface area contributed by atoms with Gasteiger partial charge in [0.05, 0.1) is 0 Å². The van der Waals surface area contributed by atoms with Crippen molar-refractivity contribution in [2.75, 3.05) is 32.2 Å². The summed E-state index contributed by atoms with van der Waals surface area (Å²) in [6, 6.07) is 1.55. The molecule has 1 aliphatic carbocycles. The van der Waals surface area contributed by atoms with Crippen LogP contribution in [0.25, 0.3) is 0 Å². The molecular weight excluding hydrogens is 218 g/mol. The average Bonchev–Trinajstić information content (AvgIpc) is 3.12. The van der Waals surface area contributed by atoms with Gasteiger partial charge in [-0.1, -0.05) is 0 Å². The summed E-state index contributed by atoms with van der Waals surface area (Å²) in [4.78, 5) is 20.8. The molecule has 1 aromatic rings. The van der Waals surface area contributed by atoms with Crippen LogP contribution in [0.3, 0.4) is 0 Å². The average molecular weight is 237 g/mol. The molecule has 0 amide bonds. The highest BCUT2D eigenvalue weighted by atomic mass is 16.5. The van der Waals surface area contributed by atoms with Crippen molar-refractivity contribution >= 4 is 5.82 Å². The molecule has 94 valence electrons. The summed E-state index contributed by atoms with van der Waals surface area (Å²) < 4.78 is 5.01. The zero-order valence-electron chi connectivity index (χ0n) is 10.4. The summed E-state index contributed by atoms with van der Waals surface area (Å²) in [6.07, 6.45) is 3.21. The van der Waals surface area contributed by atoms with Crippen molar-refractivity contribution in [2.45, 2.75) is 25.2 Å². The van der Waals surface area contributed by atoms with Crippen LogP contribution in [-0.4, -0.2) is 37.3 Å². The monoisotopic (exact) mass is 237 g/mol. The summed E-state index contributed by atoms with van der Waals surface area (Å²) >= 11 is 0. The Kier molecular flexibility index (Phi) is 3.78. The number of aromatic amines is 1. The van der Waals surface area contributed by atoms with E-state index in [9.17, 15) is 4.79 Å². The molecule has 0 spiro atoms. The molecular formula is C12H19N3O2. The van der Waals surface area contributed by atoms with Gasteiger partial charge in [0.1, 0.15) is 11.6 Å². The standard InChI is InChI=1S/C12H19N3O2/c1-15(6-3-7-17-2)10-8-11(16)14-12(13-10)9-4-5-9/h8-9H,3-7H2,1-2H3,(H,13,14,16). The van der Waals surface area contributed by atoms with Crippen molar-refractivity contribution in [1.29, 1.82) is 0 Å². The number of H-pyrrole nitrogens is 1. The van der Waals surface area contributed by atoms with Crippen LogP contribution in [0.2, 0.25) is 0 Å². The first-order valence-electron chi connectivity index (χ1n) is 6.02. The highest BCUT2D eigenvalue weighted by molar-refractivity contribution is 5.36. The van der Waals surface area contributed by atoms with E-state index in [0.29, 0.717) is 5.92 Å². The number of hydrogen-bond donors (Lipinski definition) is 1. The molecule has 1 fully saturated rings. The van der Waals surface area contributed by atoms with Gasteiger partial charge in [-0.3, -0.25) is 4.79 Å². The topological polar surface area (TPSA) is 58.2 Å². The van der Waals surface area contributed by atoms with Gasteiger partial charge >= 0.3 is 0 Å². The quantitative estimate of drug-likeness (QED) is 0.753. The van der Waals surface area contributed by atoms with Gasteiger partial charge in [0.15, 0.2) is 0 Å². The summed E-state index contributed by atoms with van der Waals surface area (Å²) in [5.41, 5.74) is -0.0597. The van der Waals surface area contributed by atoms with E-state index in [0.717, 1.165) is 44.1 Å². The molecule has 0 atom stereocenters. The number of rotatable bonds is 6. The summed E-state index contributed by atoms with van der Waals surface area (Å²) in [5.74, 6) is 2.06. The Morgan fingerprint density at radius 1 is 1.59 bits per heavy atom. The van der Waals surface area contributed by atoms with Crippen LogP contribution in [0.15, 0.2) is 10.9 Å². The van der Waals surface area contributed by atoms with E-state index in [2.05, 4.69) is 9.97 Å². The molecule has 0 unspecified atom stereocenters. The fourth-order valence-corrected chi connectivity index (χ4v) is 1.77. The molecule has 0 saturated heterocycles. The molecule has 0 aromatic carbocycles. The number of methoxy groups -OCH3 is 1. The third kappa shape index (κ3) is 3.30. The minimum Gasteiger partial charge on any atom is -0.385 e. The minimum absolute atomic E-state index is 0.0597. The normalized spacial score (nSPS) is 14.9. The van der Waals surface area contributed by atoms with Gasteiger partial charge < -0.3 is 14.6 Å². The molecule has 0 aliphatic heterocycles. The lowest BCUT2D eigenvalue weighted by Crippen LogP contribution is -2.24. The molecule has 17 heavy (non-hydrogen) atoms. The molecule has 2 rings (SSSR count). The Morgan fingerprint density at radius 3 is 3.00 bits per heavy atom. The predicted molar refractivity (Wildman–Crippen MR) is 66.6 cm³/mol. The number of aromatic nitrogens is 2. The molecule has 1 N–H and O–H groups in total. The molecule has 5 heteroatoms. The Balaban J connectivity index is 2.05. The summed E-state index contributed by atoms with van der Waals surface area (Å²) in [7, 11) is 3.64. The van der Waals surface area contributed by atoms with E-state index < -0.39 is 0 Å². The van der Waals surface area contributed by atoms with Crippen LogP contribution in [-0.2, 0) is 4.74 Å². The Hall–Kier alpha value is -1.36. The fraction of sp³-hybridized carbons (Fsp3) is 0.667. The van der Waals surface area contributed by atoms with Gasteiger partial charge in [-0.2, -0.15) is 0 Å². The van der Waals surface area contributed by atoms with Crippen molar-refractivity contribution in [3.63, 3.8) is 0 Å². The lowest BCUT2D eigenvalue weighted by Gasteiger charge is -2.18. The number of anilines is 1. The predicted octanol–water partition coefficient (Wildman–Crippen LogP) is 1.12. The van der Waals surface area contributed by atoms with Gasteiger partial charge in [-0.25, -0.2) is 4.98 Å². The van der Waals surface area contributed by atoms with Crippen LogP contribution < -0.4 is 10.5 Å². The maximum atomic E-state index is 11.5. The Morgan fingerprint density at radius 2 is 2.35 bits per heavy atom. The van der Waals surface area contributed by atoms with E-state index in [1.807, 2.05) is 11.9 Å². The Bertz CT molecular complexity index is 426. The van der Waals surface area contributed by atoms with Gasteiger partial charge in [0, 0.05) is 39.3 Å². The highest BCUT2D eigenvalue weighted by Gasteiger charge is 2.26. The van der Waals surface area contributed by atoms with Crippen molar-refractivity contribution in [1.82, 2.24) is 9.97 Å². The molecule has 1 saturated carbocycles. The Labute approximate surface area is 101 Å². The van der Waals surface area contributed by atoms with E-state index in [4.69, 9.17) is 4.74 Å². The van der Waals surface area contributed by atoms with E-state index >= 15 is 0 Å². The largest absolute Gasteiger partial charge is 0.385 e. The third-order valence-corrected chi connectivity index (χ3v) is 2.94. The van der Waals surface area contributed by atoms with E-state index in [-0.39, 0.29) is 5.56 Å². The first-order chi connectivity index (χ1) is 8.20. The van der Waals surface area contributed by atoms with Gasteiger partial charge in [-0.05, 0) is 19.3 Å².